The van der Waals surface area contributed by atoms with Gasteiger partial charge in [-0.15, -0.1) is 0 Å². The summed E-state index contributed by atoms with van der Waals surface area (Å²) in [6.45, 7) is 1.36. The van der Waals surface area contributed by atoms with Crippen LogP contribution in [-0.4, -0.2) is 41.0 Å². The van der Waals surface area contributed by atoms with Gasteiger partial charge >= 0.3 is 0 Å². The second-order valence-corrected chi connectivity index (χ2v) is 8.75. The van der Waals surface area contributed by atoms with E-state index in [1.165, 1.54) is 11.3 Å². The third kappa shape index (κ3) is 3.85. The van der Waals surface area contributed by atoms with Crippen LogP contribution in [0.25, 0.3) is 10.2 Å². The van der Waals surface area contributed by atoms with Gasteiger partial charge in [0, 0.05) is 25.9 Å². The summed E-state index contributed by atoms with van der Waals surface area (Å²) in [5.41, 5.74) is 7.05. The van der Waals surface area contributed by atoms with E-state index in [-0.39, 0.29) is 24.1 Å². The smallest absolute Gasteiger partial charge is 0.274 e. The van der Waals surface area contributed by atoms with Gasteiger partial charge in [0.25, 0.3) is 5.19 Å². The standard InChI is InChI=1S/C20H21ClN4O3S/c21-13-3-1-5-17-18(13)22-20(29-17)28-12-6-8-25(9-7-12)19(26)15-11-14(23-24-15)16-4-2-10-27-16/h1-5,10,12,14-15,23-24H,6-9,11H2. The van der Waals surface area contributed by atoms with Crippen molar-refractivity contribution in [2.75, 3.05) is 13.1 Å². The fourth-order valence-electron chi connectivity index (χ4n) is 3.90. The molecule has 0 saturated carbocycles. The van der Waals surface area contributed by atoms with Gasteiger partial charge in [-0.3, -0.25) is 4.79 Å². The number of hydrogen-bond acceptors (Lipinski definition) is 7. The van der Waals surface area contributed by atoms with E-state index in [1.54, 1.807) is 6.26 Å². The van der Waals surface area contributed by atoms with Crippen LogP contribution >= 0.6 is 22.9 Å². The van der Waals surface area contributed by atoms with Crippen molar-refractivity contribution >= 4 is 39.1 Å². The number of halogens is 1. The number of furan rings is 1. The normalized spacial score (nSPS) is 23.0. The number of nitrogens with zero attached hydrogens (tertiary/aromatic N) is 2. The highest BCUT2D eigenvalue weighted by Gasteiger charge is 2.35. The molecule has 0 aliphatic carbocycles. The number of nitrogens with one attached hydrogen (secondary N) is 2. The maximum absolute atomic E-state index is 12.9. The molecule has 4 heterocycles. The van der Waals surface area contributed by atoms with Crippen LogP contribution in [0.2, 0.25) is 5.02 Å². The highest BCUT2D eigenvalue weighted by Crippen LogP contribution is 2.33. The molecule has 152 valence electrons. The zero-order valence-electron chi connectivity index (χ0n) is 15.6. The highest BCUT2D eigenvalue weighted by molar-refractivity contribution is 7.20. The molecule has 2 aromatic heterocycles. The van der Waals surface area contributed by atoms with Crippen molar-refractivity contribution in [1.29, 1.82) is 0 Å². The first-order chi connectivity index (χ1) is 14.2. The van der Waals surface area contributed by atoms with Crippen LogP contribution in [0.5, 0.6) is 5.19 Å². The Labute approximate surface area is 177 Å². The molecule has 2 aliphatic rings. The number of likely N-dealkylation sites (tertiary alicyclic amines) is 1. The summed E-state index contributed by atoms with van der Waals surface area (Å²) in [5, 5.41) is 1.28. The van der Waals surface area contributed by atoms with Crippen LogP contribution < -0.4 is 15.6 Å². The fourth-order valence-corrected chi connectivity index (χ4v) is 5.08. The molecule has 7 nitrogen and oxygen atoms in total. The molecule has 2 atom stereocenters. The lowest BCUT2D eigenvalue weighted by Crippen LogP contribution is -2.49. The van der Waals surface area contributed by atoms with E-state index >= 15 is 0 Å². The second kappa shape index (κ2) is 7.95. The fraction of sp³-hybridized carbons (Fsp3) is 0.400. The first kappa shape index (κ1) is 18.9. The Bertz CT molecular complexity index is 1000. The Morgan fingerprint density at radius 3 is 2.86 bits per heavy atom. The maximum atomic E-state index is 12.9. The minimum Gasteiger partial charge on any atom is -0.468 e. The van der Waals surface area contributed by atoms with Gasteiger partial charge in [-0.25, -0.2) is 15.8 Å². The molecule has 0 bridgehead atoms. The topological polar surface area (TPSA) is 79.6 Å². The highest BCUT2D eigenvalue weighted by atomic mass is 35.5. The minimum atomic E-state index is -0.242. The van der Waals surface area contributed by atoms with Crippen molar-refractivity contribution in [2.45, 2.75) is 37.5 Å². The molecule has 3 aromatic rings. The molecule has 2 unspecified atom stereocenters. The lowest BCUT2D eigenvalue weighted by atomic mass is 10.0. The van der Waals surface area contributed by atoms with Crippen molar-refractivity contribution in [3.05, 3.63) is 47.4 Å². The molecule has 9 heteroatoms. The van der Waals surface area contributed by atoms with Gasteiger partial charge in [0.15, 0.2) is 0 Å². The number of amides is 1. The number of carbonyl (C=O) groups excluding carboxylic acids is 1. The van der Waals surface area contributed by atoms with E-state index in [9.17, 15) is 4.79 Å². The van der Waals surface area contributed by atoms with Gasteiger partial charge in [-0.2, -0.15) is 0 Å². The molecule has 5 rings (SSSR count). The third-order valence-corrected chi connectivity index (χ3v) is 6.68. The summed E-state index contributed by atoms with van der Waals surface area (Å²) in [7, 11) is 0. The van der Waals surface area contributed by atoms with Crippen molar-refractivity contribution in [3.8, 4) is 5.19 Å². The molecule has 0 spiro atoms. The summed E-state index contributed by atoms with van der Waals surface area (Å²) < 4.78 is 12.5. The summed E-state index contributed by atoms with van der Waals surface area (Å²) in [6.07, 6.45) is 3.96. The van der Waals surface area contributed by atoms with Crippen molar-refractivity contribution < 1.29 is 13.9 Å². The van der Waals surface area contributed by atoms with Crippen molar-refractivity contribution in [1.82, 2.24) is 20.7 Å². The summed E-state index contributed by atoms with van der Waals surface area (Å²) >= 11 is 7.71. The number of hydrazine groups is 1. The van der Waals surface area contributed by atoms with Crippen molar-refractivity contribution in [2.24, 2.45) is 0 Å². The number of hydrogen-bond donors (Lipinski definition) is 2. The first-order valence-electron chi connectivity index (χ1n) is 9.72. The average molecular weight is 433 g/mol. The lowest BCUT2D eigenvalue weighted by molar-refractivity contribution is -0.135. The SMILES string of the molecule is O=C(C1CC(c2ccco2)NN1)N1CCC(Oc2nc3c(Cl)cccc3s2)CC1. The van der Waals surface area contributed by atoms with Crippen LogP contribution in [0.1, 0.15) is 31.1 Å². The molecular weight excluding hydrogens is 412 g/mol. The molecule has 2 N–H and O–H groups in total. The van der Waals surface area contributed by atoms with E-state index in [0.717, 1.165) is 28.8 Å². The number of ether oxygens (including phenoxy) is 1. The molecule has 1 amide bonds. The summed E-state index contributed by atoms with van der Waals surface area (Å²) in [6, 6.07) is 9.30. The predicted octanol–water partition coefficient (Wildman–Crippen LogP) is 3.52. The zero-order valence-corrected chi connectivity index (χ0v) is 17.2. The van der Waals surface area contributed by atoms with Crippen LogP contribution in [0.3, 0.4) is 0 Å². The van der Waals surface area contributed by atoms with Crippen LogP contribution in [-0.2, 0) is 4.79 Å². The van der Waals surface area contributed by atoms with Gasteiger partial charge in [0.05, 0.1) is 22.0 Å². The number of para-hydroxylation sites is 1. The molecule has 2 aliphatic heterocycles. The number of piperidine rings is 1. The van der Waals surface area contributed by atoms with E-state index in [1.807, 2.05) is 35.2 Å². The van der Waals surface area contributed by atoms with Gasteiger partial charge in [0.1, 0.15) is 23.4 Å². The summed E-state index contributed by atoms with van der Waals surface area (Å²) in [4.78, 5) is 19.3. The Morgan fingerprint density at radius 1 is 1.24 bits per heavy atom. The quantitative estimate of drug-likeness (QED) is 0.656. The molecule has 0 radical (unpaired) electrons. The second-order valence-electron chi connectivity index (χ2n) is 7.35. The average Bonchev–Trinajstić information content (AvgIpc) is 3.48. The predicted molar refractivity (Wildman–Crippen MR) is 111 cm³/mol. The number of benzene rings is 1. The van der Waals surface area contributed by atoms with Gasteiger partial charge in [-0.1, -0.05) is 29.0 Å². The minimum absolute atomic E-state index is 0.0191. The first-order valence-corrected chi connectivity index (χ1v) is 10.9. The van der Waals surface area contributed by atoms with E-state index < -0.39 is 0 Å². The third-order valence-electron chi connectivity index (χ3n) is 5.46. The Balaban J connectivity index is 1.15. The van der Waals surface area contributed by atoms with E-state index in [0.29, 0.717) is 29.7 Å². The number of fused-ring (bicyclic) bond motifs is 1. The lowest BCUT2D eigenvalue weighted by Gasteiger charge is -2.33. The molecule has 2 fully saturated rings. The zero-order chi connectivity index (χ0) is 19.8. The monoisotopic (exact) mass is 432 g/mol. The number of rotatable bonds is 4. The Hall–Kier alpha value is -2.13. The number of thiazole rings is 1. The van der Waals surface area contributed by atoms with Gasteiger partial charge in [0.2, 0.25) is 5.91 Å². The van der Waals surface area contributed by atoms with E-state index in [2.05, 4.69) is 15.8 Å². The van der Waals surface area contributed by atoms with Gasteiger partial charge in [-0.05, 0) is 30.7 Å². The Morgan fingerprint density at radius 2 is 2.10 bits per heavy atom. The maximum Gasteiger partial charge on any atom is 0.274 e. The summed E-state index contributed by atoms with van der Waals surface area (Å²) in [5.74, 6) is 0.965. The van der Waals surface area contributed by atoms with Crippen LogP contribution in [0.4, 0.5) is 0 Å². The number of aromatic nitrogens is 1. The van der Waals surface area contributed by atoms with Crippen molar-refractivity contribution in [3.63, 3.8) is 0 Å². The molecule has 2 saturated heterocycles. The van der Waals surface area contributed by atoms with Crippen LogP contribution in [0.15, 0.2) is 41.0 Å². The van der Waals surface area contributed by atoms with Crippen LogP contribution in [0, 0.1) is 0 Å². The Kier molecular flexibility index (Phi) is 5.17. The largest absolute Gasteiger partial charge is 0.468 e. The van der Waals surface area contributed by atoms with E-state index in [4.69, 9.17) is 20.8 Å². The number of carbonyl (C=O) groups is 1. The molecule has 1 aromatic carbocycles. The molecular formula is C20H21ClN4O3S. The van der Waals surface area contributed by atoms with Gasteiger partial charge < -0.3 is 14.1 Å². The molecule has 29 heavy (non-hydrogen) atoms.